The molecule has 1 saturated heterocycles. The highest BCUT2D eigenvalue weighted by Crippen LogP contribution is 2.34. The van der Waals surface area contributed by atoms with Crippen LogP contribution in [0.3, 0.4) is 0 Å². The first-order valence-electron chi connectivity index (χ1n) is 10.0. The van der Waals surface area contributed by atoms with Crippen molar-refractivity contribution in [2.45, 2.75) is 63.3 Å². The number of nitrogens with zero attached hydrogens (tertiary/aromatic N) is 4. The smallest absolute Gasteiger partial charge is 0.248 e. The lowest BCUT2D eigenvalue weighted by molar-refractivity contribution is 0.180. The zero-order valence-electron chi connectivity index (χ0n) is 16.6. The van der Waals surface area contributed by atoms with Crippen molar-refractivity contribution in [2.24, 2.45) is 0 Å². The summed E-state index contributed by atoms with van der Waals surface area (Å²) in [5, 5.41) is 7.25. The minimum atomic E-state index is -3.55. The third-order valence-corrected chi connectivity index (χ3v) is 9.01. The molecule has 0 spiro atoms. The van der Waals surface area contributed by atoms with E-state index in [0.29, 0.717) is 43.6 Å². The van der Waals surface area contributed by atoms with Crippen molar-refractivity contribution in [2.75, 3.05) is 26.2 Å². The Morgan fingerprint density at radius 3 is 2.50 bits per heavy atom. The number of thiazole rings is 1. The lowest BCUT2D eigenvalue weighted by Gasteiger charge is -2.33. The Balaban J connectivity index is 1.35. The summed E-state index contributed by atoms with van der Waals surface area (Å²) in [4.78, 5) is 7.39. The van der Waals surface area contributed by atoms with Crippen LogP contribution in [0.25, 0.3) is 0 Å². The molecule has 0 unspecified atom stereocenters. The maximum Gasteiger partial charge on any atom is 0.248 e. The van der Waals surface area contributed by atoms with Gasteiger partial charge in [-0.15, -0.1) is 11.3 Å². The van der Waals surface area contributed by atoms with Crippen molar-refractivity contribution >= 4 is 21.4 Å². The summed E-state index contributed by atoms with van der Waals surface area (Å²) in [6.45, 7) is 6.49. The van der Waals surface area contributed by atoms with E-state index in [2.05, 4.69) is 15.4 Å². The van der Waals surface area contributed by atoms with Gasteiger partial charge in [0.25, 0.3) is 0 Å². The average molecular weight is 425 g/mol. The minimum Gasteiger partial charge on any atom is -0.360 e. The van der Waals surface area contributed by atoms with Crippen LogP contribution in [-0.2, 0) is 16.6 Å². The van der Waals surface area contributed by atoms with Crippen LogP contribution in [0.15, 0.2) is 14.8 Å². The van der Waals surface area contributed by atoms with Gasteiger partial charge in [-0.25, -0.2) is 13.4 Å². The molecule has 0 radical (unpaired) electrons. The number of aromatic nitrogens is 2. The van der Waals surface area contributed by atoms with E-state index in [0.717, 1.165) is 12.2 Å². The van der Waals surface area contributed by atoms with Gasteiger partial charge in [-0.1, -0.05) is 24.4 Å². The highest BCUT2D eigenvalue weighted by atomic mass is 32.2. The summed E-state index contributed by atoms with van der Waals surface area (Å²) in [5.41, 5.74) is 1.55. The monoisotopic (exact) mass is 424 g/mol. The highest BCUT2D eigenvalue weighted by molar-refractivity contribution is 7.89. The topological polar surface area (TPSA) is 79.5 Å². The van der Waals surface area contributed by atoms with Gasteiger partial charge >= 0.3 is 0 Å². The Morgan fingerprint density at radius 1 is 1.14 bits per heavy atom. The standard InChI is InChI=1S/C19H28N4O3S2/c1-14-18(15(2)26-21-14)28(24,25)23-10-8-22(9-11-23)12-17-13-27-19(20-17)16-6-4-3-5-7-16/h13,16H,3-12H2,1-2H3. The number of aryl methyl sites for hydroxylation is 2. The quantitative estimate of drug-likeness (QED) is 0.733. The normalized spacial score (nSPS) is 20.6. The predicted octanol–water partition coefficient (Wildman–Crippen LogP) is 3.30. The van der Waals surface area contributed by atoms with Crippen LogP contribution in [0.1, 0.15) is 60.2 Å². The van der Waals surface area contributed by atoms with Gasteiger partial charge in [0.1, 0.15) is 10.6 Å². The molecule has 2 aromatic rings. The molecule has 2 aliphatic rings. The second kappa shape index (κ2) is 8.22. The summed E-state index contributed by atoms with van der Waals surface area (Å²) in [6.07, 6.45) is 6.54. The van der Waals surface area contributed by atoms with E-state index in [1.54, 1.807) is 29.5 Å². The molecule has 28 heavy (non-hydrogen) atoms. The first-order chi connectivity index (χ1) is 13.4. The molecule has 1 saturated carbocycles. The number of hydrogen-bond acceptors (Lipinski definition) is 7. The fraction of sp³-hybridized carbons (Fsp3) is 0.684. The van der Waals surface area contributed by atoms with Crippen LogP contribution in [0, 0.1) is 13.8 Å². The Labute approximate surface area is 170 Å². The van der Waals surface area contributed by atoms with Gasteiger partial charge in [0.05, 0.1) is 10.7 Å². The maximum absolute atomic E-state index is 12.9. The van der Waals surface area contributed by atoms with Gasteiger partial charge in [0.2, 0.25) is 10.0 Å². The average Bonchev–Trinajstić information content (AvgIpc) is 3.29. The molecule has 0 amide bonds. The predicted molar refractivity (Wildman–Crippen MR) is 108 cm³/mol. The van der Waals surface area contributed by atoms with Crippen LogP contribution in [0.4, 0.5) is 0 Å². The molecule has 2 fully saturated rings. The van der Waals surface area contributed by atoms with Crippen LogP contribution < -0.4 is 0 Å². The Kier molecular flexibility index (Phi) is 5.87. The third-order valence-electron chi connectivity index (χ3n) is 5.81. The Hall–Kier alpha value is -1.29. The number of sulfonamides is 1. The summed E-state index contributed by atoms with van der Waals surface area (Å²) in [5.74, 6) is 1.00. The van der Waals surface area contributed by atoms with E-state index >= 15 is 0 Å². The molecular formula is C19H28N4O3S2. The fourth-order valence-electron chi connectivity index (χ4n) is 4.26. The number of piperazine rings is 1. The first kappa shape index (κ1) is 20.0. The molecule has 0 bridgehead atoms. The first-order valence-corrected chi connectivity index (χ1v) is 12.4. The highest BCUT2D eigenvalue weighted by Gasteiger charge is 2.33. The van der Waals surface area contributed by atoms with E-state index in [-0.39, 0.29) is 4.90 Å². The van der Waals surface area contributed by atoms with Crippen molar-refractivity contribution in [3.05, 3.63) is 27.5 Å². The molecule has 7 nitrogen and oxygen atoms in total. The van der Waals surface area contributed by atoms with E-state index in [9.17, 15) is 8.42 Å². The third kappa shape index (κ3) is 4.03. The second-order valence-electron chi connectivity index (χ2n) is 7.85. The maximum atomic E-state index is 12.9. The van der Waals surface area contributed by atoms with Gasteiger partial charge in [-0.05, 0) is 26.7 Å². The largest absolute Gasteiger partial charge is 0.360 e. The molecule has 2 aromatic heterocycles. The van der Waals surface area contributed by atoms with Crippen molar-refractivity contribution in [1.82, 2.24) is 19.3 Å². The van der Waals surface area contributed by atoms with Crippen molar-refractivity contribution in [3.8, 4) is 0 Å². The minimum absolute atomic E-state index is 0.220. The molecule has 4 rings (SSSR count). The molecular weight excluding hydrogens is 396 g/mol. The van der Waals surface area contributed by atoms with Crippen molar-refractivity contribution in [3.63, 3.8) is 0 Å². The van der Waals surface area contributed by atoms with E-state index < -0.39 is 10.0 Å². The molecule has 0 aromatic carbocycles. The zero-order chi connectivity index (χ0) is 19.7. The molecule has 9 heteroatoms. The van der Waals surface area contributed by atoms with Gasteiger partial charge in [0, 0.05) is 44.0 Å². The molecule has 154 valence electrons. The van der Waals surface area contributed by atoms with Crippen molar-refractivity contribution < 1.29 is 12.9 Å². The second-order valence-corrected chi connectivity index (χ2v) is 10.6. The molecule has 3 heterocycles. The summed E-state index contributed by atoms with van der Waals surface area (Å²) in [7, 11) is -3.55. The molecule has 0 atom stereocenters. The Morgan fingerprint density at radius 2 is 1.86 bits per heavy atom. The lowest BCUT2D eigenvalue weighted by atomic mass is 9.90. The van der Waals surface area contributed by atoms with E-state index in [1.807, 2.05) is 0 Å². The molecule has 0 N–H and O–H groups in total. The van der Waals surface area contributed by atoms with Gasteiger partial charge in [-0.2, -0.15) is 4.31 Å². The van der Waals surface area contributed by atoms with E-state index in [4.69, 9.17) is 9.51 Å². The fourth-order valence-corrected chi connectivity index (χ4v) is 6.96. The van der Waals surface area contributed by atoms with Gasteiger partial charge < -0.3 is 4.52 Å². The summed E-state index contributed by atoms with van der Waals surface area (Å²) in [6, 6.07) is 0. The van der Waals surface area contributed by atoms with Gasteiger partial charge in [0.15, 0.2) is 5.76 Å². The van der Waals surface area contributed by atoms with Crippen LogP contribution in [-0.4, -0.2) is 53.9 Å². The zero-order valence-corrected chi connectivity index (χ0v) is 18.2. The molecule has 1 aliphatic carbocycles. The number of rotatable bonds is 5. The van der Waals surface area contributed by atoms with Crippen LogP contribution in [0.5, 0.6) is 0 Å². The SMILES string of the molecule is Cc1noc(C)c1S(=O)(=O)N1CCN(Cc2csc(C3CCCCC3)n2)CC1. The van der Waals surface area contributed by atoms with Crippen LogP contribution >= 0.6 is 11.3 Å². The Bertz CT molecular complexity index is 888. The van der Waals surface area contributed by atoms with E-state index in [1.165, 1.54) is 37.1 Å². The lowest BCUT2D eigenvalue weighted by Crippen LogP contribution is -2.48. The summed E-state index contributed by atoms with van der Waals surface area (Å²) < 4.78 is 32.5. The summed E-state index contributed by atoms with van der Waals surface area (Å²) >= 11 is 1.79. The number of hydrogen-bond donors (Lipinski definition) is 0. The van der Waals surface area contributed by atoms with Crippen molar-refractivity contribution in [1.29, 1.82) is 0 Å². The van der Waals surface area contributed by atoms with Gasteiger partial charge in [-0.3, -0.25) is 4.90 Å². The van der Waals surface area contributed by atoms with Crippen LogP contribution in [0.2, 0.25) is 0 Å². The molecule has 1 aliphatic heterocycles.